The largest absolute Gasteiger partial charge is 0.383 e. The van der Waals surface area contributed by atoms with Crippen LogP contribution in [-0.2, 0) is 4.74 Å². The Balaban J connectivity index is 1.70. The van der Waals surface area contributed by atoms with E-state index in [9.17, 15) is 0 Å². The van der Waals surface area contributed by atoms with Crippen molar-refractivity contribution in [2.24, 2.45) is 22.7 Å². The van der Waals surface area contributed by atoms with E-state index in [1.54, 1.807) is 7.11 Å². The number of hydrogen-bond acceptors (Lipinski definition) is 2. The minimum Gasteiger partial charge on any atom is -0.383 e. The highest BCUT2D eigenvalue weighted by Crippen LogP contribution is 2.63. The summed E-state index contributed by atoms with van der Waals surface area (Å²) in [5, 5.41) is 3.55. The van der Waals surface area contributed by atoms with Crippen LogP contribution >= 0.6 is 0 Å². The number of rotatable bonds is 7. The molecule has 2 heteroatoms. The predicted octanol–water partition coefficient (Wildman–Crippen LogP) is 3.86. The van der Waals surface area contributed by atoms with Crippen LogP contribution in [0.25, 0.3) is 0 Å². The molecule has 1 N–H and O–H groups in total. The fourth-order valence-electron chi connectivity index (χ4n) is 4.05. The molecule has 2 saturated carbocycles. The quantitative estimate of drug-likeness (QED) is 0.707. The van der Waals surface area contributed by atoms with Crippen molar-refractivity contribution in [1.29, 1.82) is 0 Å². The summed E-state index contributed by atoms with van der Waals surface area (Å²) < 4.78 is 5.08. The first-order chi connectivity index (χ1) is 9.04. The molecule has 0 amide bonds. The fraction of sp³-hybridized carbons (Fsp3) is 1.00. The van der Waals surface area contributed by atoms with E-state index < -0.39 is 0 Å². The molecule has 1 atom stereocenters. The van der Waals surface area contributed by atoms with Crippen LogP contribution in [0.2, 0.25) is 0 Å². The standard InChI is InChI=1S/C17H33NO/c1-5-16(2,3)14-6-8-17(9-7-14)12-15(17)13-18-10-11-19-4/h14-15,18H,5-13H2,1-4H3. The maximum Gasteiger partial charge on any atom is 0.0587 e. The molecule has 0 aromatic rings. The van der Waals surface area contributed by atoms with Gasteiger partial charge in [0.05, 0.1) is 6.61 Å². The lowest BCUT2D eigenvalue weighted by atomic mass is 9.66. The van der Waals surface area contributed by atoms with Crippen LogP contribution in [0.15, 0.2) is 0 Å². The molecule has 0 bridgehead atoms. The Morgan fingerprint density at radius 2 is 1.95 bits per heavy atom. The number of ether oxygens (including phenoxy) is 1. The fourth-order valence-corrected chi connectivity index (χ4v) is 4.05. The smallest absolute Gasteiger partial charge is 0.0587 e. The van der Waals surface area contributed by atoms with E-state index >= 15 is 0 Å². The third kappa shape index (κ3) is 3.52. The van der Waals surface area contributed by atoms with Crippen molar-refractivity contribution in [2.45, 2.75) is 59.3 Å². The summed E-state index contributed by atoms with van der Waals surface area (Å²) in [6.07, 6.45) is 8.71. The summed E-state index contributed by atoms with van der Waals surface area (Å²) in [6, 6.07) is 0. The summed E-state index contributed by atoms with van der Waals surface area (Å²) in [5.41, 5.74) is 1.29. The van der Waals surface area contributed by atoms with E-state index in [0.29, 0.717) is 5.41 Å². The molecule has 0 heterocycles. The molecule has 112 valence electrons. The maximum atomic E-state index is 5.08. The maximum absolute atomic E-state index is 5.08. The Morgan fingerprint density at radius 3 is 2.53 bits per heavy atom. The number of methoxy groups -OCH3 is 1. The summed E-state index contributed by atoms with van der Waals surface area (Å²) in [6.45, 7) is 10.3. The summed E-state index contributed by atoms with van der Waals surface area (Å²) >= 11 is 0. The van der Waals surface area contributed by atoms with Gasteiger partial charge in [0, 0.05) is 13.7 Å². The summed E-state index contributed by atoms with van der Waals surface area (Å²) in [5.74, 6) is 1.92. The van der Waals surface area contributed by atoms with E-state index in [4.69, 9.17) is 4.74 Å². The summed E-state index contributed by atoms with van der Waals surface area (Å²) in [7, 11) is 1.77. The zero-order valence-corrected chi connectivity index (χ0v) is 13.4. The Kier molecular flexibility index (Phi) is 4.94. The van der Waals surface area contributed by atoms with Gasteiger partial charge in [0.1, 0.15) is 0 Å². The van der Waals surface area contributed by atoms with Crippen molar-refractivity contribution in [3.05, 3.63) is 0 Å². The zero-order chi connectivity index (χ0) is 13.9. The van der Waals surface area contributed by atoms with Gasteiger partial charge in [-0.25, -0.2) is 0 Å². The molecular formula is C17H33NO. The second-order valence-electron chi connectivity index (χ2n) is 7.58. The molecule has 2 aliphatic rings. The van der Waals surface area contributed by atoms with Crippen molar-refractivity contribution in [3.63, 3.8) is 0 Å². The summed E-state index contributed by atoms with van der Waals surface area (Å²) in [4.78, 5) is 0. The molecule has 1 spiro atoms. The molecule has 0 aromatic carbocycles. The highest BCUT2D eigenvalue weighted by Gasteiger charge is 2.55. The van der Waals surface area contributed by atoms with Crippen LogP contribution in [0.4, 0.5) is 0 Å². The average Bonchev–Trinajstić information content (AvgIpc) is 3.08. The van der Waals surface area contributed by atoms with Gasteiger partial charge in [-0.15, -0.1) is 0 Å². The van der Waals surface area contributed by atoms with E-state index in [1.807, 2.05) is 0 Å². The first-order valence-corrected chi connectivity index (χ1v) is 8.24. The number of nitrogens with one attached hydrogen (secondary N) is 1. The number of hydrogen-bond donors (Lipinski definition) is 1. The zero-order valence-electron chi connectivity index (χ0n) is 13.4. The molecule has 0 aromatic heterocycles. The molecule has 0 radical (unpaired) electrons. The Labute approximate surface area is 119 Å². The topological polar surface area (TPSA) is 21.3 Å². The monoisotopic (exact) mass is 267 g/mol. The van der Waals surface area contributed by atoms with Gasteiger partial charge in [0.15, 0.2) is 0 Å². The lowest BCUT2D eigenvalue weighted by molar-refractivity contribution is 0.115. The second-order valence-corrected chi connectivity index (χ2v) is 7.58. The highest BCUT2D eigenvalue weighted by atomic mass is 16.5. The van der Waals surface area contributed by atoms with Gasteiger partial charge in [-0.05, 0) is 61.3 Å². The van der Waals surface area contributed by atoms with E-state index in [0.717, 1.165) is 30.4 Å². The van der Waals surface area contributed by atoms with Crippen molar-refractivity contribution in [3.8, 4) is 0 Å². The lowest BCUT2D eigenvalue weighted by Crippen LogP contribution is -2.30. The van der Waals surface area contributed by atoms with Crippen LogP contribution in [0.3, 0.4) is 0 Å². The Bertz CT molecular complexity index is 279. The SMILES string of the molecule is CCC(C)(C)C1CCC2(CC1)CC2CNCCOC. The minimum absolute atomic E-state index is 0.558. The normalized spacial score (nSPS) is 34.7. The second kappa shape index (κ2) is 6.13. The lowest BCUT2D eigenvalue weighted by Gasteiger charge is -2.39. The van der Waals surface area contributed by atoms with E-state index in [-0.39, 0.29) is 0 Å². The van der Waals surface area contributed by atoms with Gasteiger partial charge in [-0.2, -0.15) is 0 Å². The van der Waals surface area contributed by atoms with Gasteiger partial charge in [-0.3, -0.25) is 0 Å². The Morgan fingerprint density at radius 1 is 1.26 bits per heavy atom. The minimum atomic E-state index is 0.558. The highest BCUT2D eigenvalue weighted by molar-refractivity contribution is 5.05. The predicted molar refractivity (Wildman–Crippen MR) is 81.3 cm³/mol. The molecule has 2 fully saturated rings. The van der Waals surface area contributed by atoms with Crippen LogP contribution in [0, 0.1) is 22.7 Å². The van der Waals surface area contributed by atoms with Gasteiger partial charge < -0.3 is 10.1 Å². The van der Waals surface area contributed by atoms with Gasteiger partial charge in [-0.1, -0.05) is 27.2 Å². The van der Waals surface area contributed by atoms with Crippen LogP contribution in [0.1, 0.15) is 59.3 Å². The molecule has 1 unspecified atom stereocenters. The first kappa shape index (κ1) is 15.3. The average molecular weight is 267 g/mol. The molecule has 19 heavy (non-hydrogen) atoms. The van der Waals surface area contributed by atoms with Crippen LogP contribution in [0.5, 0.6) is 0 Å². The van der Waals surface area contributed by atoms with E-state index in [1.165, 1.54) is 45.1 Å². The molecule has 0 saturated heterocycles. The first-order valence-electron chi connectivity index (χ1n) is 8.24. The third-order valence-corrected chi connectivity index (χ3v) is 6.23. The van der Waals surface area contributed by atoms with Crippen LogP contribution in [-0.4, -0.2) is 26.8 Å². The molecule has 2 rings (SSSR count). The van der Waals surface area contributed by atoms with Gasteiger partial charge in [0.2, 0.25) is 0 Å². The van der Waals surface area contributed by atoms with Gasteiger partial charge in [0.25, 0.3) is 0 Å². The third-order valence-electron chi connectivity index (χ3n) is 6.23. The van der Waals surface area contributed by atoms with Crippen LogP contribution < -0.4 is 5.32 Å². The molecular weight excluding hydrogens is 234 g/mol. The van der Waals surface area contributed by atoms with Gasteiger partial charge >= 0.3 is 0 Å². The van der Waals surface area contributed by atoms with Crippen molar-refractivity contribution in [1.82, 2.24) is 5.32 Å². The van der Waals surface area contributed by atoms with Crippen molar-refractivity contribution in [2.75, 3.05) is 26.8 Å². The van der Waals surface area contributed by atoms with E-state index in [2.05, 4.69) is 26.1 Å². The molecule has 0 aliphatic heterocycles. The van der Waals surface area contributed by atoms with Crippen molar-refractivity contribution < 1.29 is 4.74 Å². The molecule has 2 nitrogen and oxygen atoms in total. The molecule has 2 aliphatic carbocycles. The Hall–Kier alpha value is -0.0800. The van der Waals surface area contributed by atoms with Crippen molar-refractivity contribution >= 4 is 0 Å².